The molecular weight excluding hydrogens is 279 g/mol. The van der Waals surface area contributed by atoms with Gasteiger partial charge in [0.25, 0.3) is 0 Å². The molecular formula is C14H8ClFN4. The van der Waals surface area contributed by atoms with Gasteiger partial charge in [0.15, 0.2) is 5.65 Å². The highest BCUT2D eigenvalue weighted by molar-refractivity contribution is 6.31. The number of halogens is 2. The van der Waals surface area contributed by atoms with Crippen LogP contribution in [-0.4, -0.2) is 14.5 Å². The molecule has 0 atom stereocenters. The second kappa shape index (κ2) is 4.91. The first-order chi connectivity index (χ1) is 9.69. The maximum absolute atomic E-state index is 13.0. The van der Waals surface area contributed by atoms with E-state index in [2.05, 4.69) is 16.0 Å². The summed E-state index contributed by atoms with van der Waals surface area (Å²) in [5.41, 5.74) is 1.90. The third-order valence-electron chi connectivity index (χ3n) is 2.88. The number of nitrogens with zero attached hydrogens (tertiary/aromatic N) is 4. The first kappa shape index (κ1) is 12.6. The van der Waals surface area contributed by atoms with Gasteiger partial charge in [0.05, 0.1) is 11.1 Å². The minimum atomic E-state index is -0.321. The molecule has 6 heteroatoms. The fourth-order valence-electron chi connectivity index (χ4n) is 2.03. The standard InChI is InChI=1S/C14H8ClFN4/c15-10-7-12-14(18-8-10)20(6-5-17)13(19-12)9-1-3-11(16)4-2-9/h1-4,7-8H,6H2. The van der Waals surface area contributed by atoms with E-state index in [0.29, 0.717) is 22.0 Å². The molecule has 0 aliphatic rings. The van der Waals surface area contributed by atoms with E-state index < -0.39 is 0 Å². The van der Waals surface area contributed by atoms with E-state index in [9.17, 15) is 4.39 Å². The van der Waals surface area contributed by atoms with Crippen LogP contribution in [0.15, 0.2) is 36.5 Å². The number of benzene rings is 1. The number of rotatable bonds is 2. The van der Waals surface area contributed by atoms with Crippen LogP contribution in [0.25, 0.3) is 22.6 Å². The third-order valence-corrected chi connectivity index (χ3v) is 3.09. The highest BCUT2D eigenvalue weighted by Gasteiger charge is 2.13. The fraction of sp³-hybridized carbons (Fsp3) is 0.0714. The second-order valence-corrected chi connectivity index (χ2v) is 4.62. The number of hydrogen-bond donors (Lipinski definition) is 0. The van der Waals surface area contributed by atoms with Crippen LogP contribution in [0.2, 0.25) is 5.02 Å². The molecule has 0 amide bonds. The average molecular weight is 287 g/mol. The van der Waals surface area contributed by atoms with E-state index in [1.165, 1.54) is 18.3 Å². The Morgan fingerprint density at radius 3 is 2.75 bits per heavy atom. The van der Waals surface area contributed by atoms with E-state index >= 15 is 0 Å². The molecule has 20 heavy (non-hydrogen) atoms. The zero-order valence-electron chi connectivity index (χ0n) is 10.2. The summed E-state index contributed by atoms with van der Waals surface area (Å²) in [6, 6.07) is 9.70. The normalized spacial score (nSPS) is 10.7. The second-order valence-electron chi connectivity index (χ2n) is 4.18. The van der Waals surface area contributed by atoms with E-state index in [-0.39, 0.29) is 12.4 Å². The van der Waals surface area contributed by atoms with Crippen LogP contribution in [0.3, 0.4) is 0 Å². The molecule has 0 aliphatic carbocycles. The summed E-state index contributed by atoms with van der Waals surface area (Å²) in [4.78, 5) is 8.64. The van der Waals surface area contributed by atoms with Crippen molar-refractivity contribution in [2.45, 2.75) is 6.54 Å². The number of fused-ring (bicyclic) bond motifs is 1. The van der Waals surface area contributed by atoms with Crippen molar-refractivity contribution >= 4 is 22.8 Å². The molecule has 0 bridgehead atoms. The maximum atomic E-state index is 13.0. The largest absolute Gasteiger partial charge is 0.295 e. The van der Waals surface area contributed by atoms with E-state index in [1.807, 2.05) is 0 Å². The molecule has 98 valence electrons. The van der Waals surface area contributed by atoms with Crippen molar-refractivity contribution in [1.82, 2.24) is 14.5 Å². The summed E-state index contributed by atoms with van der Waals surface area (Å²) < 4.78 is 14.7. The van der Waals surface area contributed by atoms with Gasteiger partial charge in [-0.1, -0.05) is 11.6 Å². The molecule has 0 radical (unpaired) electrons. The zero-order valence-corrected chi connectivity index (χ0v) is 11.0. The molecule has 3 aromatic rings. The Balaban J connectivity index is 2.26. The van der Waals surface area contributed by atoms with Gasteiger partial charge in [0.2, 0.25) is 0 Å². The monoisotopic (exact) mass is 286 g/mol. The smallest absolute Gasteiger partial charge is 0.161 e. The van der Waals surface area contributed by atoms with Crippen molar-refractivity contribution in [2.75, 3.05) is 0 Å². The van der Waals surface area contributed by atoms with Gasteiger partial charge in [0, 0.05) is 11.8 Å². The average Bonchev–Trinajstić information content (AvgIpc) is 2.78. The summed E-state index contributed by atoms with van der Waals surface area (Å²) in [7, 11) is 0. The van der Waals surface area contributed by atoms with Crippen LogP contribution in [0.4, 0.5) is 4.39 Å². The molecule has 0 spiro atoms. The van der Waals surface area contributed by atoms with E-state index in [4.69, 9.17) is 16.9 Å². The summed E-state index contributed by atoms with van der Waals surface area (Å²) in [5, 5.41) is 9.43. The van der Waals surface area contributed by atoms with Crippen molar-refractivity contribution in [3.05, 3.63) is 47.4 Å². The third kappa shape index (κ3) is 2.10. The Labute approximate surface area is 119 Å². The van der Waals surface area contributed by atoms with Crippen LogP contribution >= 0.6 is 11.6 Å². The van der Waals surface area contributed by atoms with Gasteiger partial charge >= 0.3 is 0 Å². The quantitative estimate of drug-likeness (QED) is 0.725. The highest BCUT2D eigenvalue weighted by atomic mass is 35.5. The van der Waals surface area contributed by atoms with Gasteiger partial charge in [0.1, 0.15) is 23.7 Å². The number of aromatic nitrogens is 3. The minimum Gasteiger partial charge on any atom is -0.295 e. The van der Waals surface area contributed by atoms with Gasteiger partial charge in [-0.15, -0.1) is 0 Å². The summed E-state index contributed by atoms with van der Waals surface area (Å²) in [5.74, 6) is 0.245. The molecule has 2 heterocycles. The topological polar surface area (TPSA) is 54.5 Å². The lowest BCUT2D eigenvalue weighted by molar-refractivity contribution is 0.628. The highest BCUT2D eigenvalue weighted by Crippen LogP contribution is 2.25. The first-order valence-electron chi connectivity index (χ1n) is 5.83. The molecule has 3 rings (SSSR count). The lowest BCUT2D eigenvalue weighted by Crippen LogP contribution is -1.99. The van der Waals surface area contributed by atoms with E-state index in [0.717, 1.165) is 5.56 Å². The molecule has 0 saturated carbocycles. The van der Waals surface area contributed by atoms with Crippen LogP contribution < -0.4 is 0 Å². The molecule has 0 aliphatic heterocycles. The Kier molecular flexibility index (Phi) is 3.09. The van der Waals surface area contributed by atoms with Crippen LogP contribution in [0, 0.1) is 17.1 Å². The van der Waals surface area contributed by atoms with Crippen LogP contribution in [-0.2, 0) is 6.54 Å². The Morgan fingerprint density at radius 2 is 2.05 bits per heavy atom. The zero-order chi connectivity index (χ0) is 14.1. The molecule has 1 aromatic carbocycles. The van der Waals surface area contributed by atoms with Crippen molar-refractivity contribution in [3.8, 4) is 17.5 Å². The lowest BCUT2D eigenvalue weighted by atomic mass is 10.2. The minimum absolute atomic E-state index is 0.109. The summed E-state index contributed by atoms with van der Waals surface area (Å²) >= 11 is 5.90. The molecule has 4 nitrogen and oxygen atoms in total. The number of imidazole rings is 1. The Hall–Kier alpha value is -2.45. The molecule has 0 unspecified atom stereocenters. The number of nitriles is 1. The predicted molar refractivity (Wildman–Crippen MR) is 73.5 cm³/mol. The van der Waals surface area contributed by atoms with Gasteiger partial charge in [-0.2, -0.15) is 5.26 Å². The van der Waals surface area contributed by atoms with Crippen molar-refractivity contribution in [2.24, 2.45) is 0 Å². The molecule has 2 aromatic heterocycles. The molecule has 0 saturated heterocycles. The van der Waals surface area contributed by atoms with Crippen molar-refractivity contribution in [3.63, 3.8) is 0 Å². The number of pyridine rings is 1. The Bertz CT molecular complexity index is 818. The maximum Gasteiger partial charge on any atom is 0.161 e. The fourth-order valence-corrected chi connectivity index (χ4v) is 2.18. The van der Waals surface area contributed by atoms with Crippen molar-refractivity contribution < 1.29 is 4.39 Å². The molecule has 0 N–H and O–H groups in total. The SMILES string of the molecule is N#CCn1c(-c2ccc(F)cc2)nc2cc(Cl)cnc21. The van der Waals surface area contributed by atoms with Crippen LogP contribution in [0.1, 0.15) is 0 Å². The van der Waals surface area contributed by atoms with Gasteiger partial charge in [-0.25, -0.2) is 14.4 Å². The summed E-state index contributed by atoms with van der Waals surface area (Å²) in [6.07, 6.45) is 1.51. The van der Waals surface area contributed by atoms with E-state index in [1.54, 1.807) is 22.8 Å². The van der Waals surface area contributed by atoms with Gasteiger partial charge in [-0.3, -0.25) is 4.57 Å². The van der Waals surface area contributed by atoms with Gasteiger partial charge in [-0.05, 0) is 30.3 Å². The Morgan fingerprint density at radius 1 is 1.30 bits per heavy atom. The molecule has 0 fully saturated rings. The van der Waals surface area contributed by atoms with Crippen LogP contribution in [0.5, 0.6) is 0 Å². The first-order valence-corrected chi connectivity index (χ1v) is 6.21. The lowest BCUT2D eigenvalue weighted by Gasteiger charge is -2.03. The van der Waals surface area contributed by atoms with Crippen molar-refractivity contribution in [1.29, 1.82) is 5.26 Å². The summed E-state index contributed by atoms with van der Waals surface area (Å²) in [6.45, 7) is 0.109. The predicted octanol–water partition coefficient (Wildman–Crippen LogP) is 3.41. The van der Waals surface area contributed by atoms with Gasteiger partial charge < -0.3 is 0 Å². The number of hydrogen-bond acceptors (Lipinski definition) is 3.